The molecule has 4 nitrogen and oxygen atoms in total. The summed E-state index contributed by atoms with van der Waals surface area (Å²) >= 11 is 0. The fourth-order valence-electron chi connectivity index (χ4n) is 2.72. The third-order valence-electron chi connectivity index (χ3n) is 3.82. The van der Waals surface area contributed by atoms with Gasteiger partial charge in [-0.3, -0.25) is 9.69 Å². The predicted molar refractivity (Wildman–Crippen MR) is 70.5 cm³/mol. The number of nitrogens with two attached hydrogens (primary N) is 2. The molecule has 1 amide bonds. The van der Waals surface area contributed by atoms with Crippen LogP contribution in [0.3, 0.4) is 0 Å². The van der Waals surface area contributed by atoms with Crippen molar-refractivity contribution in [3.8, 4) is 0 Å². The molecule has 1 fully saturated rings. The molecule has 0 radical (unpaired) electrons. The Labute approximate surface area is 105 Å². The van der Waals surface area contributed by atoms with E-state index >= 15 is 0 Å². The van der Waals surface area contributed by atoms with Crippen LogP contribution in [0.25, 0.3) is 0 Å². The zero-order chi connectivity index (χ0) is 12.7. The van der Waals surface area contributed by atoms with E-state index in [1.807, 2.05) is 6.92 Å². The van der Waals surface area contributed by atoms with E-state index in [9.17, 15) is 4.79 Å². The number of carbonyl (C=O) groups excluding carboxylic acids is 1. The van der Waals surface area contributed by atoms with Crippen molar-refractivity contribution in [2.45, 2.75) is 64.0 Å². The molecule has 0 bridgehead atoms. The van der Waals surface area contributed by atoms with Crippen molar-refractivity contribution in [1.82, 2.24) is 4.90 Å². The van der Waals surface area contributed by atoms with Crippen molar-refractivity contribution in [2.24, 2.45) is 11.5 Å². The van der Waals surface area contributed by atoms with Crippen LogP contribution >= 0.6 is 0 Å². The quantitative estimate of drug-likeness (QED) is 0.687. The van der Waals surface area contributed by atoms with Gasteiger partial charge in [-0.2, -0.15) is 0 Å². The smallest absolute Gasteiger partial charge is 0.234 e. The topological polar surface area (TPSA) is 72.4 Å². The van der Waals surface area contributed by atoms with E-state index in [1.54, 1.807) is 0 Å². The number of hydrogen-bond donors (Lipinski definition) is 2. The minimum atomic E-state index is -0.216. The average Bonchev–Trinajstić information content (AvgIpc) is 2.58. The molecule has 17 heavy (non-hydrogen) atoms. The molecular weight excluding hydrogens is 214 g/mol. The Bertz CT molecular complexity index is 225. The summed E-state index contributed by atoms with van der Waals surface area (Å²) in [6, 6.07) is 0.358. The zero-order valence-electron chi connectivity index (χ0n) is 11.0. The summed E-state index contributed by atoms with van der Waals surface area (Å²) in [4.78, 5) is 13.7. The van der Waals surface area contributed by atoms with Gasteiger partial charge in [0.25, 0.3) is 0 Å². The number of rotatable bonds is 6. The van der Waals surface area contributed by atoms with Gasteiger partial charge in [0, 0.05) is 12.6 Å². The maximum atomic E-state index is 11.4. The molecule has 4 heteroatoms. The second-order valence-corrected chi connectivity index (χ2v) is 5.10. The van der Waals surface area contributed by atoms with Crippen molar-refractivity contribution >= 4 is 5.91 Å². The first-order valence-corrected chi connectivity index (χ1v) is 6.92. The highest BCUT2D eigenvalue weighted by Gasteiger charge is 2.26. The van der Waals surface area contributed by atoms with Gasteiger partial charge in [-0.05, 0) is 32.7 Å². The minimum Gasteiger partial charge on any atom is -0.368 e. The van der Waals surface area contributed by atoms with E-state index in [0.717, 1.165) is 13.0 Å². The average molecular weight is 241 g/mol. The maximum Gasteiger partial charge on any atom is 0.234 e. The minimum absolute atomic E-state index is 0.162. The fraction of sp³-hybridized carbons (Fsp3) is 0.923. The van der Waals surface area contributed by atoms with Crippen LogP contribution in [-0.2, 0) is 4.79 Å². The largest absolute Gasteiger partial charge is 0.368 e. The Balaban J connectivity index is 2.61. The lowest BCUT2D eigenvalue weighted by molar-refractivity contribution is -0.123. The molecule has 1 aliphatic carbocycles. The Morgan fingerprint density at radius 2 is 1.88 bits per heavy atom. The summed E-state index contributed by atoms with van der Waals surface area (Å²) in [5.74, 6) is -0.216. The van der Waals surface area contributed by atoms with Crippen molar-refractivity contribution in [3.63, 3.8) is 0 Å². The molecule has 0 aromatic rings. The van der Waals surface area contributed by atoms with Crippen molar-refractivity contribution in [2.75, 3.05) is 13.1 Å². The van der Waals surface area contributed by atoms with E-state index in [2.05, 4.69) is 4.90 Å². The van der Waals surface area contributed by atoms with Crippen LogP contribution in [0.15, 0.2) is 0 Å². The number of carbonyl (C=O) groups is 1. The predicted octanol–water partition coefficient (Wildman–Crippen LogP) is 1.23. The van der Waals surface area contributed by atoms with Crippen LogP contribution in [0.5, 0.6) is 0 Å². The standard InChI is InChI=1S/C13H27N3O/c1-11(13(15)17)16(10-6-9-14)12-7-4-2-3-5-8-12/h11-12H,2-10,14H2,1H3,(H2,15,17). The fourth-order valence-corrected chi connectivity index (χ4v) is 2.72. The van der Waals surface area contributed by atoms with Gasteiger partial charge in [0.15, 0.2) is 0 Å². The van der Waals surface area contributed by atoms with Crippen LogP contribution < -0.4 is 11.5 Å². The van der Waals surface area contributed by atoms with Gasteiger partial charge < -0.3 is 11.5 Å². The van der Waals surface area contributed by atoms with Crippen molar-refractivity contribution in [1.29, 1.82) is 0 Å². The van der Waals surface area contributed by atoms with Gasteiger partial charge in [0.05, 0.1) is 6.04 Å². The number of nitrogens with zero attached hydrogens (tertiary/aromatic N) is 1. The molecule has 1 aliphatic rings. The lowest BCUT2D eigenvalue weighted by Crippen LogP contribution is -2.48. The molecular formula is C13H27N3O. The van der Waals surface area contributed by atoms with Crippen LogP contribution in [0, 0.1) is 0 Å². The van der Waals surface area contributed by atoms with Crippen LogP contribution in [0.4, 0.5) is 0 Å². The number of amides is 1. The summed E-state index contributed by atoms with van der Waals surface area (Å²) in [5, 5.41) is 0. The third-order valence-corrected chi connectivity index (χ3v) is 3.82. The zero-order valence-corrected chi connectivity index (χ0v) is 11.0. The third kappa shape index (κ3) is 4.64. The first-order valence-electron chi connectivity index (χ1n) is 6.92. The van der Waals surface area contributed by atoms with Crippen LogP contribution in [0.2, 0.25) is 0 Å². The van der Waals surface area contributed by atoms with Gasteiger partial charge in [0.2, 0.25) is 5.91 Å². The Kier molecular flexibility index (Phi) is 6.52. The summed E-state index contributed by atoms with van der Waals surface area (Å²) in [5.41, 5.74) is 11.0. The highest BCUT2D eigenvalue weighted by atomic mass is 16.1. The Morgan fingerprint density at radius 3 is 2.35 bits per heavy atom. The molecule has 1 rings (SSSR count). The molecule has 0 saturated heterocycles. The molecule has 0 aromatic carbocycles. The summed E-state index contributed by atoms with van der Waals surface area (Å²) in [6.07, 6.45) is 8.53. The Hall–Kier alpha value is -0.610. The van der Waals surface area contributed by atoms with E-state index in [4.69, 9.17) is 11.5 Å². The van der Waals surface area contributed by atoms with Gasteiger partial charge in [-0.15, -0.1) is 0 Å². The monoisotopic (exact) mass is 241 g/mol. The number of primary amides is 1. The molecule has 0 heterocycles. The molecule has 4 N–H and O–H groups in total. The van der Waals surface area contributed by atoms with Crippen molar-refractivity contribution in [3.05, 3.63) is 0 Å². The molecule has 1 unspecified atom stereocenters. The van der Waals surface area contributed by atoms with Gasteiger partial charge in [-0.25, -0.2) is 0 Å². The summed E-state index contributed by atoms with van der Waals surface area (Å²) < 4.78 is 0. The normalized spacial score (nSPS) is 20.2. The summed E-state index contributed by atoms with van der Waals surface area (Å²) in [6.45, 7) is 3.49. The Morgan fingerprint density at radius 1 is 1.29 bits per heavy atom. The molecule has 0 spiro atoms. The highest BCUT2D eigenvalue weighted by Crippen LogP contribution is 2.23. The van der Waals surface area contributed by atoms with E-state index in [-0.39, 0.29) is 11.9 Å². The lowest BCUT2D eigenvalue weighted by Gasteiger charge is -2.34. The van der Waals surface area contributed by atoms with E-state index < -0.39 is 0 Å². The van der Waals surface area contributed by atoms with Gasteiger partial charge in [-0.1, -0.05) is 25.7 Å². The SMILES string of the molecule is CC(C(N)=O)N(CCCN)C1CCCCCC1. The first kappa shape index (κ1) is 14.5. The van der Waals surface area contributed by atoms with Gasteiger partial charge >= 0.3 is 0 Å². The second-order valence-electron chi connectivity index (χ2n) is 5.10. The highest BCUT2D eigenvalue weighted by molar-refractivity contribution is 5.79. The van der Waals surface area contributed by atoms with E-state index in [0.29, 0.717) is 12.6 Å². The van der Waals surface area contributed by atoms with Crippen molar-refractivity contribution < 1.29 is 4.79 Å². The molecule has 1 saturated carbocycles. The second kappa shape index (κ2) is 7.67. The van der Waals surface area contributed by atoms with Gasteiger partial charge in [0.1, 0.15) is 0 Å². The number of hydrogen-bond acceptors (Lipinski definition) is 3. The molecule has 0 aliphatic heterocycles. The molecule has 0 aromatic heterocycles. The van der Waals surface area contributed by atoms with Crippen LogP contribution in [-0.4, -0.2) is 36.0 Å². The molecule has 100 valence electrons. The van der Waals surface area contributed by atoms with Crippen LogP contribution in [0.1, 0.15) is 51.9 Å². The lowest BCUT2D eigenvalue weighted by atomic mass is 10.0. The van der Waals surface area contributed by atoms with E-state index in [1.165, 1.54) is 38.5 Å². The first-order chi connectivity index (χ1) is 8.16. The summed E-state index contributed by atoms with van der Waals surface area (Å²) in [7, 11) is 0. The molecule has 1 atom stereocenters. The maximum absolute atomic E-state index is 11.4.